The molecule has 0 radical (unpaired) electrons. The van der Waals surface area contributed by atoms with Gasteiger partial charge in [-0.3, -0.25) is 14.4 Å². The molecule has 0 spiro atoms. The summed E-state index contributed by atoms with van der Waals surface area (Å²) >= 11 is 1.44. The van der Waals surface area contributed by atoms with Crippen molar-refractivity contribution < 1.29 is 19.1 Å². The van der Waals surface area contributed by atoms with Gasteiger partial charge in [-0.15, -0.1) is 11.3 Å². The lowest BCUT2D eigenvalue weighted by Gasteiger charge is -2.16. The minimum absolute atomic E-state index is 0.0309. The van der Waals surface area contributed by atoms with Gasteiger partial charge in [0.15, 0.2) is 6.61 Å². The Morgan fingerprint density at radius 3 is 2.58 bits per heavy atom. The number of rotatable bonds is 7. The Kier molecular flexibility index (Phi) is 6.91. The number of esters is 1. The zero-order valence-electron chi connectivity index (χ0n) is 15.0. The van der Waals surface area contributed by atoms with Gasteiger partial charge in [-0.2, -0.15) is 0 Å². The van der Waals surface area contributed by atoms with E-state index < -0.39 is 17.9 Å². The Morgan fingerprint density at radius 2 is 1.92 bits per heavy atom. The van der Waals surface area contributed by atoms with Crippen molar-refractivity contribution in [3.8, 4) is 0 Å². The summed E-state index contributed by atoms with van der Waals surface area (Å²) in [5.74, 6) is -1.18. The number of carbonyl (C=O) groups excluding carboxylic acids is 3. The number of amides is 2. The predicted octanol–water partition coefficient (Wildman–Crippen LogP) is 3.11. The van der Waals surface area contributed by atoms with E-state index in [0.717, 1.165) is 16.0 Å². The van der Waals surface area contributed by atoms with Crippen LogP contribution in [0.15, 0.2) is 35.7 Å². The quantitative estimate of drug-likeness (QED) is 0.729. The van der Waals surface area contributed by atoms with Crippen LogP contribution in [0.25, 0.3) is 0 Å². The Labute approximate surface area is 156 Å². The van der Waals surface area contributed by atoms with Gasteiger partial charge < -0.3 is 15.4 Å². The number of aryl methyl sites for hydroxylation is 1. The number of ether oxygens (including phenoxy) is 1. The summed E-state index contributed by atoms with van der Waals surface area (Å²) in [5.41, 5.74) is 2.73. The average molecular weight is 374 g/mol. The molecule has 138 valence electrons. The fraction of sp³-hybridized carbons (Fsp3) is 0.316. The summed E-state index contributed by atoms with van der Waals surface area (Å²) < 4.78 is 5.06. The van der Waals surface area contributed by atoms with Crippen molar-refractivity contribution in [2.45, 2.75) is 33.2 Å². The number of nitrogens with one attached hydrogen (secondary N) is 2. The van der Waals surface area contributed by atoms with Crippen LogP contribution >= 0.6 is 11.3 Å². The molecule has 2 aromatic rings. The SMILES string of the molecule is CC(=O)NC(CC(=O)OCC(=O)Nc1cccc(C)c1C)c1cccs1. The molecule has 0 aliphatic rings. The molecule has 1 atom stereocenters. The van der Waals surface area contributed by atoms with Gasteiger partial charge in [0.2, 0.25) is 5.91 Å². The van der Waals surface area contributed by atoms with E-state index in [9.17, 15) is 14.4 Å². The zero-order chi connectivity index (χ0) is 19.1. The van der Waals surface area contributed by atoms with E-state index in [1.165, 1.54) is 18.3 Å². The molecule has 0 saturated heterocycles. The molecule has 6 nitrogen and oxygen atoms in total. The van der Waals surface area contributed by atoms with Crippen LogP contribution in [-0.4, -0.2) is 24.4 Å². The van der Waals surface area contributed by atoms with Crippen LogP contribution in [0.5, 0.6) is 0 Å². The highest BCUT2D eigenvalue weighted by atomic mass is 32.1. The largest absolute Gasteiger partial charge is 0.455 e. The van der Waals surface area contributed by atoms with Crippen molar-refractivity contribution in [1.82, 2.24) is 5.32 Å². The van der Waals surface area contributed by atoms with E-state index in [1.807, 2.05) is 43.5 Å². The first kappa shape index (κ1) is 19.7. The van der Waals surface area contributed by atoms with Crippen molar-refractivity contribution >= 4 is 34.8 Å². The van der Waals surface area contributed by atoms with Gasteiger partial charge in [0.05, 0.1) is 12.5 Å². The second kappa shape index (κ2) is 9.15. The molecule has 1 aromatic carbocycles. The second-order valence-electron chi connectivity index (χ2n) is 5.93. The zero-order valence-corrected chi connectivity index (χ0v) is 15.8. The maximum atomic E-state index is 12.1. The highest BCUT2D eigenvalue weighted by molar-refractivity contribution is 7.10. The van der Waals surface area contributed by atoms with Crippen LogP contribution < -0.4 is 10.6 Å². The molecule has 1 aromatic heterocycles. The van der Waals surface area contributed by atoms with E-state index in [0.29, 0.717) is 5.69 Å². The Hall–Kier alpha value is -2.67. The first-order valence-corrected chi connectivity index (χ1v) is 9.07. The van der Waals surface area contributed by atoms with Crippen LogP contribution in [0.1, 0.15) is 35.4 Å². The third-order valence-electron chi connectivity index (χ3n) is 3.88. The molecule has 26 heavy (non-hydrogen) atoms. The van der Waals surface area contributed by atoms with Crippen LogP contribution in [0.2, 0.25) is 0 Å². The van der Waals surface area contributed by atoms with Crippen molar-refractivity contribution in [3.63, 3.8) is 0 Å². The maximum absolute atomic E-state index is 12.1. The van der Waals surface area contributed by atoms with E-state index >= 15 is 0 Å². The monoisotopic (exact) mass is 374 g/mol. The van der Waals surface area contributed by atoms with Gasteiger partial charge in [-0.05, 0) is 42.5 Å². The van der Waals surface area contributed by atoms with Crippen LogP contribution in [-0.2, 0) is 19.1 Å². The summed E-state index contributed by atoms with van der Waals surface area (Å²) in [6, 6.07) is 8.83. The smallest absolute Gasteiger partial charge is 0.308 e. The minimum atomic E-state index is -0.548. The second-order valence-corrected chi connectivity index (χ2v) is 6.91. The van der Waals surface area contributed by atoms with Gasteiger partial charge in [0.25, 0.3) is 5.91 Å². The first-order chi connectivity index (χ1) is 12.4. The molecular weight excluding hydrogens is 352 g/mol. The average Bonchev–Trinajstić information content (AvgIpc) is 3.11. The molecule has 1 heterocycles. The molecule has 0 aliphatic heterocycles. The number of carbonyl (C=O) groups is 3. The van der Waals surface area contributed by atoms with Gasteiger partial charge in [-0.1, -0.05) is 18.2 Å². The number of hydrogen-bond donors (Lipinski definition) is 2. The summed E-state index contributed by atoms with van der Waals surface area (Å²) in [6.07, 6.45) is -0.0309. The fourth-order valence-electron chi connectivity index (χ4n) is 2.40. The lowest BCUT2D eigenvalue weighted by Crippen LogP contribution is -2.29. The number of benzene rings is 1. The molecule has 2 N–H and O–H groups in total. The molecule has 1 unspecified atom stereocenters. The highest BCUT2D eigenvalue weighted by Gasteiger charge is 2.19. The van der Waals surface area contributed by atoms with Gasteiger partial charge >= 0.3 is 5.97 Å². The lowest BCUT2D eigenvalue weighted by molar-refractivity contribution is -0.147. The fourth-order valence-corrected chi connectivity index (χ4v) is 3.18. The first-order valence-electron chi connectivity index (χ1n) is 8.19. The summed E-state index contributed by atoms with van der Waals surface area (Å²) in [7, 11) is 0. The molecule has 0 aliphatic carbocycles. The number of hydrogen-bond acceptors (Lipinski definition) is 5. The molecule has 0 fully saturated rings. The lowest BCUT2D eigenvalue weighted by atomic mass is 10.1. The molecule has 2 amide bonds. The third kappa shape index (κ3) is 5.70. The molecule has 2 rings (SSSR count). The van der Waals surface area contributed by atoms with Crippen molar-refractivity contribution in [2.75, 3.05) is 11.9 Å². The Morgan fingerprint density at radius 1 is 1.15 bits per heavy atom. The summed E-state index contributed by atoms with van der Waals surface area (Å²) in [6.45, 7) is 4.89. The van der Waals surface area contributed by atoms with Crippen molar-refractivity contribution in [3.05, 3.63) is 51.7 Å². The molecule has 7 heteroatoms. The van der Waals surface area contributed by atoms with Crippen molar-refractivity contribution in [2.24, 2.45) is 0 Å². The molecular formula is C19H22N2O4S. The van der Waals surface area contributed by atoms with Crippen LogP contribution in [0.4, 0.5) is 5.69 Å². The van der Waals surface area contributed by atoms with Gasteiger partial charge in [-0.25, -0.2) is 0 Å². The minimum Gasteiger partial charge on any atom is -0.455 e. The Bertz CT molecular complexity index is 787. The molecule has 0 bridgehead atoms. The summed E-state index contributed by atoms with van der Waals surface area (Å²) in [5, 5.41) is 7.33. The van der Waals surface area contributed by atoms with Crippen LogP contribution in [0, 0.1) is 13.8 Å². The van der Waals surface area contributed by atoms with E-state index in [-0.39, 0.29) is 18.9 Å². The third-order valence-corrected chi connectivity index (χ3v) is 4.86. The summed E-state index contributed by atoms with van der Waals surface area (Å²) in [4.78, 5) is 36.3. The standard InChI is InChI=1S/C19H22N2O4S/c1-12-6-4-7-15(13(12)2)21-18(23)11-25-19(24)10-16(20-14(3)22)17-8-5-9-26-17/h4-9,16H,10-11H2,1-3H3,(H,20,22)(H,21,23). The highest BCUT2D eigenvalue weighted by Crippen LogP contribution is 2.22. The normalized spacial score (nSPS) is 11.5. The van der Waals surface area contributed by atoms with E-state index in [1.54, 1.807) is 6.07 Å². The molecule has 0 saturated carbocycles. The van der Waals surface area contributed by atoms with Crippen molar-refractivity contribution in [1.29, 1.82) is 0 Å². The topological polar surface area (TPSA) is 84.5 Å². The maximum Gasteiger partial charge on any atom is 0.308 e. The number of anilines is 1. The van der Waals surface area contributed by atoms with Crippen LogP contribution in [0.3, 0.4) is 0 Å². The predicted molar refractivity (Wildman–Crippen MR) is 101 cm³/mol. The van der Waals surface area contributed by atoms with E-state index in [4.69, 9.17) is 4.74 Å². The van der Waals surface area contributed by atoms with Gasteiger partial charge in [0, 0.05) is 17.5 Å². The van der Waals surface area contributed by atoms with Gasteiger partial charge in [0.1, 0.15) is 0 Å². The number of thiophene rings is 1. The van der Waals surface area contributed by atoms with E-state index in [2.05, 4.69) is 10.6 Å². The Balaban J connectivity index is 1.87.